The van der Waals surface area contributed by atoms with Crippen LogP contribution in [0.15, 0.2) is 46.6 Å². The zero-order valence-corrected chi connectivity index (χ0v) is 17.8. The topological polar surface area (TPSA) is 104 Å². The van der Waals surface area contributed by atoms with Crippen LogP contribution in [0.1, 0.15) is 22.7 Å². The summed E-state index contributed by atoms with van der Waals surface area (Å²) >= 11 is 0. The van der Waals surface area contributed by atoms with Crippen molar-refractivity contribution in [1.29, 1.82) is 5.26 Å². The van der Waals surface area contributed by atoms with Crippen LogP contribution in [0.5, 0.6) is 11.5 Å². The molecule has 0 radical (unpaired) electrons. The standard InChI is InChI=1S/C23H26N4O4/c1-15-13-19-21(23(28)27(15)8-7-26-9-11-30-12-10-26)20(17(14-24)22(25)31-19)16-5-3-4-6-18(16)29-2/h3-6,13,20H,7-12,25H2,1-2H3/p+1/t20-/m0/s1. The lowest BCUT2D eigenvalue weighted by molar-refractivity contribution is -0.908. The minimum absolute atomic E-state index is 0.0141. The number of methoxy groups -OCH3 is 1. The Morgan fingerprint density at radius 1 is 1.32 bits per heavy atom. The van der Waals surface area contributed by atoms with Gasteiger partial charge in [0.25, 0.3) is 5.56 Å². The number of rotatable bonds is 5. The smallest absolute Gasteiger partial charge is 0.258 e. The molecule has 4 rings (SSSR count). The van der Waals surface area contributed by atoms with Gasteiger partial charge >= 0.3 is 0 Å². The second-order valence-electron chi connectivity index (χ2n) is 7.80. The van der Waals surface area contributed by atoms with E-state index < -0.39 is 5.92 Å². The molecule has 8 heteroatoms. The maximum absolute atomic E-state index is 13.7. The third-order valence-electron chi connectivity index (χ3n) is 6.03. The quantitative estimate of drug-likeness (QED) is 0.717. The second kappa shape index (κ2) is 8.84. The molecule has 1 fully saturated rings. The Morgan fingerprint density at radius 2 is 2.06 bits per heavy atom. The van der Waals surface area contributed by atoms with Gasteiger partial charge in [0, 0.05) is 17.3 Å². The predicted molar refractivity (Wildman–Crippen MR) is 114 cm³/mol. The third-order valence-corrected chi connectivity index (χ3v) is 6.03. The first-order valence-corrected chi connectivity index (χ1v) is 10.4. The van der Waals surface area contributed by atoms with Crippen molar-refractivity contribution in [3.05, 3.63) is 69.0 Å². The van der Waals surface area contributed by atoms with Crippen LogP contribution in [-0.4, -0.2) is 44.5 Å². The van der Waals surface area contributed by atoms with E-state index in [2.05, 4.69) is 6.07 Å². The number of allylic oxidation sites excluding steroid dienone is 1. The Balaban J connectivity index is 1.81. The van der Waals surface area contributed by atoms with Crippen molar-refractivity contribution in [2.45, 2.75) is 19.4 Å². The molecule has 162 valence electrons. The number of nitrogens with two attached hydrogens (primary N) is 1. The van der Waals surface area contributed by atoms with Crippen LogP contribution in [0, 0.1) is 18.3 Å². The molecule has 2 aromatic rings. The normalized spacial score (nSPS) is 18.8. The monoisotopic (exact) mass is 423 g/mol. The van der Waals surface area contributed by atoms with Crippen LogP contribution < -0.4 is 25.7 Å². The number of hydrogen-bond acceptors (Lipinski definition) is 6. The average molecular weight is 423 g/mol. The highest BCUT2D eigenvalue weighted by Crippen LogP contribution is 2.43. The van der Waals surface area contributed by atoms with Gasteiger partial charge in [0.15, 0.2) is 0 Å². The largest absolute Gasteiger partial charge is 0.496 e. The van der Waals surface area contributed by atoms with Crippen molar-refractivity contribution >= 4 is 0 Å². The van der Waals surface area contributed by atoms with Gasteiger partial charge in [-0.25, -0.2) is 0 Å². The molecule has 2 aliphatic rings. The molecule has 8 nitrogen and oxygen atoms in total. The van der Waals surface area contributed by atoms with E-state index >= 15 is 0 Å². The van der Waals surface area contributed by atoms with Crippen LogP contribution in [0.3, 0.4) is 0 Å². The Kier molecular flexibility index (Phi) is 5.98. The van der Waals surface area contributed by atoms with E-state index in [0.29, 0.717) is 29.2 Å². The lowest BCUT2D eigenvalue weighted by atomic mass is 9.83. The van der Waals surface area contributed by atoms with E-state index in [4.69, 9.17) is 19.9 Å². The van der Waals surface area contributed by atoms with Crippen LogP contribution >= 0.6 is 0 Å². The first-order valence-electron chi connectivity index (χ1n) is 10.4. The molecule has 0 amide bonds. The van der Waals surface area contributed by atoms with Crippen molar-refractivity contribution in [1.82, 2.24) is 4.57 Å². The molecule has 0 saturated carbocycles. The number of ether oxygens (including phenoxy) is 3. The molecular formula is C23H27N4O4+. The summed E-state index contributed by atoms with van der Waals surface area (Å²) in [5, 5.41) is 9.84. The number of quaternary nitrogens is 1. The van der Waals surface area contributed by atoms with Gasteiger partial charge in [0.05, 0.1) is 44.9 Å². The summed E-state index contributed by atoms with van der Waals surface area (Å²) in [5.74, 6) is 0.343. The number of nitrogens with one attached hydrogen (secondary N) is 1. The summed E-state index contributed by atoms with van der Waals surface area (Å²) in [6, 6.07) is 11.3. The molecule has 31 heavy (non-hydrogen) atoms. The van der Waals surface area contributed by atoms with Gasteiger partial charge in [-0.3, -0.25) is 4.79 Å². The van der Waals surface area contributed by atoms with Gasteiger partial charge in [-0.05, 0) is 13.0 Å². The van der Waals surface area contributed by atoms with Gasteiger partial charge in [-0.15, -0.1) is 0 Å². The summed E-state index contributed by atoms with van der Waals surface area (Å²) in [4.78, 5) is 15.1. The van der Waals surface area contributed by atoms with Gasteiger partial charge in [0.1, 0.15) is 36.2 Å². The number of aryl methyl sites for hydroxylation is 1. The minimum Gasteiger partial charge on any atom is -0.496 e. The molecule has 1 aromatic carbocycles. The lowest BCUT2D eigenvalue weighted by Crippen LogP contribution is -3.14. The van der Waals surface area contributed by atoms with Gasteiger partial charge in [-0.1, -0.05) is 18.2 Å². The van der Waals surface area contributed by atoms with E-state index in [1.807, 2.05) is 37.3 Å². The van der Waals surface area contributed by atoms with Gasteiger partial charge in [0.2, 0.25) is 5.88 Å². The van der Waals surface area contributed by atoms with E-state index in [-0.39, 0.29) is 17.0 Å². The van der Waals surface area contributed by atoms with E-state index in [1.54, 1.807) is 11.7 Å². The van der Waals surface area contributed by atoms with Crippen LogP contribution in [0.4, 0.5) is 0 Å². The minimum atomic E-state index is -0.653. The van der Waals surface area contributed by atoms with Crippen molar-refractivity contribution < 1.29 is 19.1 Å². The number of nitrogens with zero attached hydrogens (tertiary/aromatic N) is 2. The summed E-state index contributed by atoms with van der Waals surface area (Å²) in [6.45, 7) is 6.64. The maximum atomic E-state index is 13.7. The fourth-order valence-corrected chi connectivity index (χ4v) is 4.36. The fraction of sp³-hybridized carbons (Fsp3) is 0.391. The summed E-state index contributed by atoms with van der Waals surface area (Å²) in [7, 11) is 1.57. The predicted octanol–water partition coefficient (Wildman–Crippen LogP) is 0.299. The first-order chi connectivity index (χ1) is 15.0. The number of pyridine rings is 1. The Morgan fingerprint density at radius 3 is 2.77 bits per heavy atom. The Hall–Kier alpha value is -3.28. The summed E-state index contributed by atoms with van der Waals surface area (Å²) in [5.41, 5.74) is 8.05. The summed E-state index contributed by atoms with van der Waals surface area (Å²) < 4.78 is 18.5. The number of aromatic nitrogens is 1. The number of benzene rings is 1. The van der Waals surface area contributed by atoms with Crippen molar-refractivity contribution in [3.8, 4) is 17.6 Å². The third kappa shape index (κ3) is 3.90. The number of morpholine rings is 1. The molecule has 0 unspecified atom stereocenters. The first kappa shape index (κ1) is 21.0. The highest BCUT2D eigenvalue weighted by molar-refractivity contribution is 5.58. The molecule has 3 N–H and O–H groups in total. The van der Waals surface area contributed by atoms with Crippen LogP contribution in [-0.2, 0) is 11.3 Å². The number of para-hydroxylation sites is 1. The van der Waals surface area contributed by atoms with E-state index in [1.165, 1.54) is 4.90 Å². The second-order valence-corrected chi connectivity index (χ2v) is 7.80. The Labute approximate surface area is 181 Å². The molecule has 0 aliphatic carbocycles. The SMILES string of the molecule is COc1ccccc1[C@H]1C(C#N)=C(N)Oc2cc(C)n(CC[NH+]3CCOCC3)c(=O)c21. The highest BCUT2D eigenvalue weighted by Gasteiger charge is 2.36. The average Bonchev–Trinajstić information content (AvgIpc) is 2.78. The van der Waals surface area contributed by atoms with Crippen molar-refractivity contribution in [3.63, 3.8) is 0 Å². The summed E-state index contributed by atoms with van der Waals surface area (Å²) in [6.07, 6.45) is 0. The lowest BCUT2D eigenvalue weighted by Gasteiger charge is -2.29. The van der Waals surface area contributed by atoms with E-state index in [0.717, 1.165) is 38.5 Å². The molecule has 3 heterocycles. The zero-order valence-electron chi connectivity index (χ0n) is 17.8. The highest BCUT2D eigenvalue weighted by atomic mass is 16.5. The molecule has 2 aliphatic heterocycles. The maximum Gasteiger partial charge on any atom is 0.258 e. The molecular weight excluding hydrogens is 396 g/mol. The number of hydrogen-bond donors (Lipinski definition) is 2. The number of fused-ring (bicyclic) bond motifs is 1. The fourth-order valence-electron chi connectivity index (χ4n) is 4.36. The molecule has 1 aromatic heterocycles. The molecule has 0 spiro atoms. The van der Waals surface area contributed by atoms with Gasteiger partial charge in [-0.2, -0.15) is 5.26 Å². The van der Waals surface area contributed by atoms with Crippen molar-refractivity contribution in [2.75, 3.05) is 40.0 Å². The molecule has 1 atom stereocenters. The van der Waals surface area contributed by atoms with Gasteiger partial charge < -0.3 is 29.4 Å². The molecule has 1 saturated heterocycles. The molecule has 0 bridgehead atoms. The van der Waals surface area contributed by atoms with E-state index in [9.17, 15) is 10.1 Å². The van der Waals surface area contributed by atoms with Crippen LogP contribution in [0.2, 0.25) is 0 Å². The van der Waals surface area contributed by atoms with Crippen LogP contribution in [0.25, 0.3) is 0 Å². The number of nitriles is 1. The Bertz CT molecular complexity index is 1110. The van der Waals surface area contributed by atoms with Crippen molar-refractivity contribution in [2.24, 2.45) is 5.73 Å². The zero-order chi connectivity index (χ0) is 22.0.